The molecule has 12 heavy (non-hydrogen) atoms. The molecule has 1 rings (SSSR count). The summed E-state index contributed by atoms with van der Waals surface area (Å²) in [5.74, 6) is -0.230. The summed E-state index contributed by atoms with van der Waals surface area (Å²) in [6.45, 7) is 0.102. The molecule has 1 aromatic carbocycles. The van der Waals surface area contributed by atoms with E-state index in [9.17, 15) is 4.39 Å². The fraction of sp³-hybridized carbons (Fsp3) is 0.200. The Bertz CT molecular complexity index is 268. The molecule has 0 atom stereocenters. The van der Waals surface area contributed by atoms with E-state index in [-0.39, 0.29) is 12.4 Å². The first kappa shape index (κ1) is 8.94. The van der Waals surface area contributed by atoms with E-state index in [1.165, 1.54) is 6.07 Å². The van der Waals surface area contributed by atoms with Gasteiger partial charge >= 0.3 is 0 Å². The van der Waals surface area contributed by atoms with Crippen LogP contribution in [-0.2, 0) is 0 Å². The van der Waals surface area contributed by atoms with Crippen LogP contribution in [0.15, 0.2) is 30.3 Å². The van der Waals surface area contributed by atoms with Crippen LogP contribution < -0.4 is 0 Å². The standard InChI is InChI=1S/C10H11FO/c11-10-7-2-1-5-9(10)6-3-4-8-12/h1-3,5-7,12H,4,8H2/b6-3-. The average molecular weight is 166 g/mol. The predicted octanol–water partition coefficient (Wildman–Crippen LogP) is 2.22. The third kappa shape index (κ3) is 2.47. The van der Waals surface area contributed by atoms with Gasteiger partial charge in [0.05, 0.1) is 0 Å². The molecule has 1 nitrogen and oxygen atoms in total. The fourth-order valence-electron chi connectivity index (χ4n) is 0.895. The molecule has 0 saturated carbocycles. The van der Waals surface area contributed by atoms with Crippen molar-refractivity contribution in [1.29, 1.82) is 0 Å². The van der Waals surface area contributed by atoms with Crippen molar-refractivity contribution in [1.82, 2.24) is 0 Å². The topological polar surface area (TPSA) is 20.2 Å². The van der Waals surface area contributed by atoms with E-state index in [4.69, 9.17) is 5.11 Å². The van der Waals surface area contributed by atoms with Crippen LogP contribution in [0.3, 0.4) is 0 Å². The van der Waals surface area contributed by atoms with Gasteiger partial charge in [-0.1, -0.05) is 30.4 Å². The highest BCUT2D eigenvalue weighted by Crippen LogP contribution is 2.08. The highest BCUT2D eigenvalue weighted by atomic mass is 19.1. The first-order valence-corrected chi connectivity index (χ1v) is 3.86. The molecule has 0 bridgehead atoms. The van der Waals surface area contributed by atoms with Crippen molar-refractivity contribution in [3.63, 3.8) is 0 Å². The molecule has 0 heterocycles. The van der Waals surface area contributed by atoms with Gasteiger partial charge in [0.25, 0.3) is 0 Å². The summed E-state index contributed by atoms with van der Waals surface area (Å²) in [6, 6.07) is 6.54. The van der Waals surface area contributed by atoms with Gasteiger partial charge in [-0.25, -0.2) is 4.39 Å². The zero-order valence-electron chi connectivity index (χ0n) is 6.70. The van der Waals surface area contributed by atoms with Gasteiger partial charge in [-0.3, -0.25) is 0 Å². The molecule has 0 unspecified atom stereocenters. The second kappa shape index (κ2) is 4.67. The maximum absolute atomic E-state index is 12.9. The van der Waals surface area contributed by atoms with Gasteiger partial charge in [-0.15, -0.1) is 0 Å². The molecule has 0 aliphatic carbocycles. The van der Waals surface area contributed by atoms with Crippen molar-refractivity contribution in [2.75, 3.05) is 6.61 Å². The Morgan fingerprint density at radius 1 is 1.33 bits per heavy atom. The second-order valence-corrected chi connectivity index (χ2v) is 2.44. The molecular formula is C10H11FO. The summed E-state index contributed by atoms with van der Waals surface area (Å²) in [7, 11) is 0. The summed E-state index contributed by atoms with van der Waals surface area (Å²) in [6.07, 6.45) is 3.98. The minimum Gasteiger partial charge on any atom is -0.396 e. The van der Waals surface area contributed by atoms with Crippen molar-refractivity contribution >= 4 is 6.08 Å². The first-order valence-electron chi connectivity index (χ1n) is 3.86. The third-order valence-corrected chi connectivity index (χ3v) is 1.50. The van der Waals surface area contributed by atoms with Gasteiger partial charge in [0, 0.05) is 12.2 Å². The molecule has 64 valence electrons. The minimum absolute atomic E-state index is 0.102. The Hall–Kier alpha value is -1.15. The maximum atomic E-state index is 12.9. The van der Waals surface area contributed by atoms with Crippen LogP contribution in [0, 0.1) is 5.82 Å². The molecule has 0 aromatic heterocycles. The highest BCUT2D eigenvalue weighted by molar-refractivity contribution is 5.49. The second-order valence-electron chi connectivity index (χ2n) is 2.44. The number of rotatable bonds is 3. The summed E-state index contributed by atoms with van der Waals surface area (Å²) in [5, 5.41) is 8.47. The average Bonchev–Trinajstić information content (AvgIpc) is 2.09. The molecule has 1 N–H and O–H groups in total. The van der Waals surface area contributed by atoms with Gasteiger partial charge in [0.2, 0.25) is 0 Å². The van der Waals surface area contributed by atoms with E-state index < -0.39 is 0 Å². The summed E-state index contributed by atoms with van der Waals surface area (Å²) in [5.41, 5.74) is 0.561. The van der Waals surface area contributed by atoms with Crippen molar-refractivity contribution in [3.8, 4) is 0 Å². The zero-order valence-corrected chi connectivity index (χ0v) is 6.70. The molecule has 0 amide bonds. The smallest absolute Gasteiger partial charge is 0.130 e. The van der Waals surface area contributed by atoms with Gasteiger partial charge in [-0.2, -0.15) is 0 Å². The van der Waals surface area contributed by atoms with E-state index in [0.29, 0.717) is 12.0 Å². The van der Waals surface area contributed by atoms with Crippen LogP contribution in [0.1, 0.15) is 12.0 Å². The Morgan fingerprint density at radius 2 is 2.08 bits per heavy atom. The number of hydrogen-bond donors (Lipinski definition) is 1. The number of aliphatic hydroxyl groups is 1. The van der Waals surface area contributed by atoms with E-state index >= 15 is 0 Å². The van der Waals surface area contributed by atoms with Crippen LogP contribution in [0.2, 0.25) is 0 Å². The lowest BCUT2D eigenvalue weighted by atomic mass is 10.2. The van der Waals surface area contributed by atoms with Crippen LogP contribution in [0.4, 0.5) is 4.39 Å². The zero-order chi connectivity index (χ0) is 8.81. The molecule has 0 saturated heterocycles. The van der Waals surface area contributed by atoms with Crippen molar-refractivity contribution in [2.45, 2.75) is 6.42 Å². The van der Waals surface area contributed by atoms with E-state index in [0.717, 1.165) is 0 Å². The highest BCUT2D eigenvalue weighted by Gasteiger charge is 1.93. The monoisotopic (exact) mass is 166 g/mol. The van der Waals surface area contributed by atoms with Crippen molar-refractivity contribution in [3.05, 3.63) is 41.7 Å². The van der Waals surface area contributed by atoms with Gasteiger partial charge in [-0.05, 0) is 12.5 Å². The first-order chi connectivity index (χ1) is 5.84. The van der Waals surface area contributed by atoms with E-state index in [2.05, 4.69) is 0 Å². The van der Waals surface area contributed by atoms with Crippen LogP contribution >= 0.6 is 0 Å². The lowest BCUT2D eigenvalue weighted by Gasteiger charge is -1.93. The maximum Gasteiger partial charge on any atom is 0.130 e. The predicted molar refractivity (Wildman–Crippen MR) is 47.1 cm³/mol. The van der Waals surface area contributed by atoms with Crippen LogP contribution in [-0.4, -0.2) is 11.7 Å². The summed E-state index contributed by atoms with van der Waals surface area (Å²) < 4.78 is 12.9. The molecular weight excluding hydrogens is 155 g/mol. The Balaban J connectivity index is 2.68. The Labute approximate surface area is 71.2 Å². The van der Waals surface area contributed by atoms with Crippen LogP contribution in [0.5, 0.6) is 0 Å². The number of benzene rings is 1. The van der Waals surface area contributed by atoms with Gasteiger partial charge < -0.3 is 5.11 Å². The van der Waals surface area contributed by atoms with Crippen molar-refractivity contribution < 1.29 is 9.50 Å². The molecule has 0 aliphatic rings. The number of halogens is 1. The van der Waals surface area contributed by atoms with E-state index in [1.807, 2.05) is 0 Å². The molecule has 2 heteroatoms. The minimum atomic E-state index is -0.230. The lowest BCUT2D eigenvalue weighted by molar-refractivity contribution is 0.303. The normalized spacial score (nSPS) is 10.8. The van der Waals surface area contributed by atoms with Crippen molar-refractivity contribution in [2.24, 2.45) is 0 Å². The molecule has 0 aliphatic heterocycles. The number of hydrogen-bond acceptors (Lipinski definition) is 1. The Morgan fingerprint density at radius 3 is 2.75 bits per heavy atom. The van der Waals surface area contributed by atoms with E-state index in [1.54, 1.807) is 30.4 Å². The lowest BCUT2D eigenvalue weighted by Crippen LogP contribution is -1.80. The van der Waals surface area contributed by atoms with Gasteiger partial charge in [0.15, 0.2) is 0 Å². The number of aliphatic hydroxyl groups excluding tert-OH is 1. The summed E-state index contributed by atoms with van der Waals surface area (Å²) >= 11 is 0. The molecule has 0 spiro atoms. The molecule has 1 aromatic rings. The largest absolute Gasteiger partial charge is 0.396 e. The fourth-order valence-corrected chi connectivity index (χ4v) is 0.895. The quantitative estimate of drug-likeness (QED) is 0.730. The Kier molecular flexibility index (Phi) is 3.48. The SMILES string of the molecule is OCC/C=C\c1ccccc1F. The van der Waals surface area contributed by atoms with Gasteiger partial charge in [0.1, 0.15) is 5.82 Å². The van der Waals surface area contributed by atoms with Crippen LogP contribution in [0.25, 0.3) is 6.08 Å². The molecule has 0 radical (unpaired) electrons. The third-order valence-electron chi connectivity index (χ3n) is 1.50. The molecule has 0 fully saturated rings. The summed E-state index contributed by atoms with van der Waals surface area (Å²) in [4.78, 5) is 0.